The Labute approximate surface area is 129 Å². The summed E-state index contributed by atoms with van der Waals surface area (Å²) in [4.78, 5) is 34.8. The Morgan fingerprint density at radius 1 is 1.32 bits per heavy atom. The zero-order valence-electron chi connectivity index (χ0n) is 13.4. The molecule has 8 nitrogen and oxygen atoms in total. The number of carbonyl (C=O) groups excluding carboxylic acids is 2. The van der Waals surface area contributed by atoms with Crippen LogP contribution < -0.4 is 10.6 Å². The van der Waals surface area contributed by atoms with Gasteiger partial charge in [0.2, 0.25) is 5.91 Å². The van der Waals surface area contributed by atoms with Crippen molar-refractivity contribution in [2.45, 2.75) is 39.3 Å². The van der Waals surface area contributed by atoms with Gasteiger partial charge in [-0.15, -0.1) is 0 Å². The van der Waals surface area contributed by atoms with E-state index in [1.165, 1.54) is 13.1 Å². The summed E-state index contributed by atoms with van der Waals surface area (Å²) in [6, 6.07) is 2.56. The number of hydrogen-bond donors (Lipinski definition) is 4. The highest BCUT2D eigenvalue weighted by atomic mass is 16.6. The summed E-state index contributed by atoms with van der Waals surface area (Å²) >= 11 is 0. The maximum atomic E-state index is 11.2. The van der Waals surface area contributed by atoms with Gasteiger partial charge in [-0.3, -0.25) is 4.79 Å². The highest BCUT2D eigenvalue weighted by Gasteiger charge is 2.19. The molecule has 0 spiro atoms. The van der Waals surface area contributed by atoms with Crippen molar-refractivity contribution in [3.8, 4) is 0 Å². The summed E-state index contributed by atoms with van der Waals surface area (Å²) in [6.45, 7) is 6.87. The Hall–Kier alpha value is -2.51. The number of carbonyl (C=O) groups is 3. The molecule has 1 aromatic heterocycles. The van der Waals surface area contributed by atoms with E-state index in [1.807, 2.05) is 0 Å². The molecule has 22 heavy (non-hydrogen) atoms. The molecule has 0 aromatic carbocycles. The van der Waals surface area contributed by atoms with Crippen molar-refractivity contribution in [2.75, 3.05) is 7.05 Å². The fourth-order valence-corrected chi connectivity index (χ4v) is 1.23. The highest BCUT2D eigenvalue weighted by molar-refractivity contribution is 5.85. The SMILES string of the molecule is CNC(=O)C(C)NC(=O)OC(C)(C)C.O=C(O)c1ccc[nH]1. The van der Waals surface area contributed by atoms with Crippen LogP contribution >= 0.6 is 0 Å². The van der Waals surface area contributed by atoms with E-state index in [0.29, 0.717) is 0 Å². The minimum Gasteiger partial charge on any atom is -0.477 e. The van der Waals surface area contributed by atoms with Crippen LogP contribution in [0.1, 0.15) is 38.2 Å². The lowest BCUT2D eigenvalue weighted by Crippen LogP contribution is -2.45. The number of alkyl carbamates (subject to hydrolysis) is 1. The summed E-state index contributed by atoms with van der Waals surface area (Å²) in [5.41, 5.74) is -0.322. The van der Waals surface area contributed by atoms with Crippen LogP contribution in [0.2, 0.25) is 0 Å². The van der Waals surface area contributed by atoms with Crippen LogP contribution in [0.3, 0.4) is 0 Å². The van der Waals surface area contributed by atoms with E-state index >= 15 is 0 Å². The van der Waals surface area contributed by atoms with Gasteiger partial charge >= 0.3 is 12.1 Å². The van der Waals surface area contributed by atoms with Crippen LogP contribution in [0.5, 0.6) is 0 Å². The molecule has 0 fully saturated rings. The monoisotopic (exact) mass is 313 g/mol. The van der Waals surface area contributed by atoms with Crippen molar-refractivity contribution < 1.29 is 24.2 Å². The van der Waals surface area contributed by atoms with Crippen LogP contribution in [0.25, 0.3) is 0 Å². The Kier molecular flexibility index (Phi) is 7.71. The molecule has 0 aliphatic carbocycles. The number of aromatic amines is 1. The lowest BCUT2D eigenvalue weighted by Gasteiger charge is -2.21. The van der Waals surface area contributed by atoms with Gasteiger partial charge in [-0.05, 0) is 39.8 Å². The molecule has 0 saturated heterocycles. The number of rotatable bonds is 3. The Morgan fingerprint density at radius 3 is 2.23 bits per heavy atom. The van der Waals surface area contributed by atoms with Crippen molar-refractivity contribution in [1.82, 2.24) is 15.6 Å². The molecule has 1 atom stereocenters. The second kappa shape index (κ2) is 8.71. The zero-order chi connectivity index (χ0) is 17.3. The molecule has 1 aromatic rings. The van der Waals surface area contributed by atoms with Crippen LogP contribution in [0, 0.1) is 0 Å². The van der Waals surface area contributed by atoms with Crippen LogP contribution in [-0.2, 0) is 9.53 Å². The molecule has 0 aliphatic heterocycles. The molecule has 0 saturated carbocycles. The van der Waals surface area contributed by atoms with E-state index in [9.17, 15) is 14.4 Å². The summed E-state index contributed by atoms with van der Waals surface area (Å²) in [6.07, 6.45) is 0.984. The van der Waals surface area contributed by atoms with E-state index in [4.69, 9.17) is 9.84 Å². The van der Waals surface area contributed by atoms with Crippen LogP contribution in [-0.4, -0.2) is 46.8 Å². The van der Waals surface area contributed by atoms with E-state index in [2.05, 4.69) is 15.6 Å². The number of amides is 2. The molecular weight excluding hydrogens is 290 g/mol. The first-order chi connectivity index (χ1) is 10.1. The predicted octanol–water partition coefficient (Wildman–Crippen LogP) is 1.36. The summed E-state index contributed by atoms with van der Waals surface area (Å²) in [5.74, 6) is -1.18. The van der Waals surface area contributed by atoms with Gasteiger partial charge < -0.3 is 25.5 Å². The molecule has 1 rings (SSSR count). The number of carboxylic acid groups (broad SMARTS) is 1. The predicted molar refractivity (Wildman–Crippen MR) is 80.7 cm³/mol. The minimum absolute atomic E-state index is 0.227. The van der Waals surface area contributed by atoms with Gasteiger partial charge in [-0.25, -0.2) is 9.59 Å². The van der Waals surface area contributed by atoms with E-state index in [1.54, 1.807) is 40.0 Å². The van der Waals surface area contributed by atoms with E-state index < -0.39 is 23.7 Å². The van der Waals surface area contributed by atoms with Gasteiger partial charge in [0.25, 0.3) is 0 Å². The first-order valence-corrected chi connectivity index (χ1v) is 6.64. The normalized spacial score (nSPS) is 11.5. The number of aromatic carboxylic acids is 1. The van der Waals surface area contributed by atoms with E-state index in [-0.39, 0.29) is 11.6 Å². The van der Waals surface area contributed by atoms with E-state index in [0.717, 1.165) is 0 Å². The third-order valence-corrected chi connectivity index (χ3v) is 2.20. The Bertz CT molecular complexity index is 491. The third-order valence-electron chi connectivity index (χ3n) is 2.20. The molecule has 124 valence electrons. The van der Waals surface area contributed by atoms with Gasteiger partial charge in [0.05, 0.1) is 0 Å². The van der Waals surface area contributed by atoms with Gasteiger partial charge in [0, 0.05) is 13.2 Å². The average Bonchev–Trinajstić information content (AvgIpc) is 2.90. The van der Waals surface area contributed by atoms with Crippen molar-refractivity contribution in [3.05, 3.63) is 24.0 Å². The number of ether oxygens (including phenoxy) is 1. The Morgan fingerprint density at radius 2 is 1.91 bits per heavy atom. The number of likely N-dealkylation sites (N-methyl/N-ethyl adjacent to an activating group) is 1. The van der Waals surface area contributed by atoms with Crippen molar-refractivity contribution in [3.63, 3.8) is 0 Å². The first-order valence-electron chi connectivity index (χ1n) is 6.64. The molecule has 1 heterocycles. The lowest BCUT2D eigenvalue weighted by atomic mass is 10.2. The third kappa shape index (κ3) is 8.62. The fourth-order valence-electron chi connectivity index (χ4n) is 1.23. The summed E-state index contributed by atoms with van der Waals surface area (Å²) < 4.78 is 4.97. The molecule has 1 unspecified atom stereocenters. The number of carboxylic acids is 1. The van der Waals surface area contributed by atoms with Gasteiger partial charge in [0.1, 0.15) is 17.3 Å². The van der Waals surface area contributed by atoms with Gasteiger partial charge in [0.15, 0.2) is 0 Å². The summed E-state index contributed by atoms with van der Waals surface area (Å²) in [5, 5.41) is 13.1. The molecule has 4 N–H and O–H groups in total. The summed E-state index contributed by atoms with van der Waals surface area (Å²) in [7, 11) is 1.51. The smallest absolute Gasteiger partial charge is 0.408 e. The first kappa shape index (κ1) is 19.5. The van der Waals surface area contributed by atoms with Crippen LogP contribution in [0.15, 0.2) is 18.3 Å². The molecule has 0 aliphatic rings. The standard InChI is InChI=1S/C9H18N2O3.C5H5NO2/c1-6(7(12)10-5)11-8(13)14-9(2,3)4;7-5(8)4-2-1-3-6-4/h6H,1-5H3,(H,10,12)(H,11,13);1-3,6H,(H,7,8). The molecule has 2 amide bonds. The molecule has 0 bridgehead atoms. The lowest BCUT2D eigenvalue weighted by molar-refractivity contribution is -0.122. The fraction of sp³-hybridized carbons (Fsp3) is 0.500. The van der Waals surface area contributed by atoms with Crippen molar-refractivity contribution in [2.24, 2.45) is 0 Å². The van der Waals surface area contributed by atoms with Crippen molar-refractivity contribution >= 4 is 18.0 Å². The maximum absolute atomic E-state index is 11.2. The number of aromatic nitrogens is 1. The molecular formula is C14H23N3O5. The topological polar surface area (TPSA) is 121 Å². The highest BCUT2D eigenvalue weighted by Crippen LogP contribution is 2.06. The minimum atomic E-state index is -0.921. The Balaban J connectivity index is 0.000000461. The molecule has 8 heteroatoms. The number of hydrogen-bond acceptors (Lipinski definition) is 4. The largest absolute Gasteiger partial charge is 0.477 e. The maximum Gasteiger partial charge on any atom is 0.408 e. The van der Waals surface area contributed by atoms with Crippen molar-refractivity contribution in [1.29, 1.82) is 0 Å². The number of H-pyrrole nitrogens is 1. The second-order valence-corrected chi connectivity index (χ2v) is 5.37. The van der Waals surface area contributed by atoms with Crippen LogP contribution in [0.4, 0.5) is 4.79 Å². The quantitative estimate of drug-likeness (QED) is 0.671. The number of nitrogens with one attached hydrogen (secondary N) is 3. The second-order valence-electron chi connectivity index (χ2n) is 5.37. The zero-order valence-corrected chi connectivity index (χ0v) is 13.4. The average molecular weight is 313 g/mol. The molecule has 0 radical (unpaired) electrons. The van der Waals surface area contributed by atoms with Gasteiger partial charge in [-0.1, -0.05) is 0 Å². The van der Waals surface area contributed by atoms with Gasteiger partial charge in [-0.2, -0.15) is 0 Å².